The van der Waals surface area contributed by atoms with E-state index in [1.165, 1.54) is 45.2 Å². The lowest BCUT2D eigenvalue weighted by molar-refractivity contribution is 0.0895. The Balaban J connectivity index is 1.77. The molecule has 2 fully saturated rings. The van der Waals surface area contributed by atoms with Crippen molar-refractivity contribution >= 4 is 0 Å². The third-order valence-corrected chi connectivity index (χ3v) is 4.10. The number of likely N-dealkylation sites (N-methyl/N-ethyl adjacent to an activating group) is 1. The minimum atomic E-state index is 0.269. The van der Waals surface area contributed by atoms with Gasteiger partial charge in [-0.05, 0) is 53.5 Å². The summed E-state index contributed by atoms with van der Waals surface area (Å²) in [6.07, 6.45) is 6.63. The molecule has 94 valence electrons. The number of epoxide rings is 1. The average molecular weight is 226 g/mol. The van der Waals surface area contributed by atoms with Crippen molar-refractivity contribution in [1.29, 1.82) is 0 Å². The van der Waals surface area contributed by atoms with E-state index in [0.717, 1.165) is 6.61 Å². The second kappa shape index (κ2) is 5.03. The Labute approximate surface area is 99.7 Å². The van der Waals surface area contributed by atoms with E-state index in [4.69, 9.17) is 4.74 Å². The van der Waals surface area contributed by atoms with Crippen molar-refractivity contribution in [2.45, 2.75) is 43.7 Å². The fourth-order valence-electron chi connectivity index (χ4n) is 3.04. The first-order chi connectivity index (χ1) is 7.64. The van der Waals surface area contributed by atoms with Gasteiger partial charge in [-0.15, -0.1) is 0 Å². The third kappa shape index (κ3) is 2.76. The Hall–Kier alpha value is -0.120. The Morgan fingerprint density at radius 2 is 1.94 bits per heavy atom. The van der Waals surface area contributed by atoms with Gasteiger partial charge in [0.15, 0.2) is 0 Å². The van der Waals surface area contributed by atoms with Gasteiger partial charge in [0.2, 0.25) is 0 Å². The molecule has 1 saturated carbocycles. The molecule has 0 bridgehead atoms. The van der Waals surface area contributed by atoms with Crippen LogP contribution in [0.2, 0.25) is 0 Å². The van der Waals surface area contributed by atoms with Crippen LogP contribution in [0, 0.1) is 0 Å². The Kier molecular flexibility index (Phi) is 3.88. The summed E-state index contributed by atoms with van der Waals surface area (Å²) in [5.41, 5.74) is 0.269. The van der Waals surface area contributed by atoms with Crippen molar-refractivity contribution in [2.24, 2.45) is 0 Å². The van der Waals surface area contributed by atoms with Crippen LogP contribution in [0.1, 0.15) is 32.1 Å². The topological polar surface area (TPSA) is 19.0 Å². The van der Waals surface area contributed by atoms with Gasteiger partial charge in [-0.3, -0.25) is 0 Å². The minimum absolute atomic E-state index is 0.269. The number of nitrogens with zero attached hydrogens (tertiary/aromatic N) is 2. The third-order valence-electron chi connectivity index (χ3n) is 4.10. The lowest BCUT2D eigenvalue weighted by Crippen LogP contribution is -2.46. The molecule has 2 aliphatic rings. The molecule has 0 aromatic rings. The SMILES string of the molecule is CN(C)CCCN(C)C1CCCC[C@]12CO2. The van der Waals surface area contributed by atoms with Crippen LogP contribution < -0.4 is 0 Å². The molecule has 1 spiro atoms. The number of ether oxygens (including phenoxy) is 1. The molecule has 1 aliphatic carbocycles. The summed E-state index contributed by atoms with van der Waals surface area (Å²) in [7, 11) is 6.56. The molecule has 0 amide bonds. The zero-order valence-electron chi connectivity index (χ0n) is 11.0. The molecule has 1 aliphatic heterocycles. The summed E-state index contributed by atoms with van der Waals surface area (Å²) in [5.74, 6) is 0. The maximum absolute atomic E-state index is 5.75. The highest BCUT2D eigenvalue weighted by Gasteiger charge is 2.53. The minimum Gasteiger partial charge on any atom is -0.368 e. The molecule has 1 heterocycles. The molecule has 3 heteroatoms. The fourth-order valence-corrected chi connectivity index (χ4v) is 3.04. The van der Waals surface area contributed by atoms with Crippen LogP contribution in [-0.2, 0) is 4.74 Å². The number of hydrogen-bond donors (Lipinski definition) is 0. The predicted molar refractivity (Wildman–Crippen MR) is 66.7 cm³/mol. The van der Waals surface area contributed by atoms with Gasteiger partial charge in [-0.1, -0.05) is 12.8 Å². The van der Waals surface area contributed by atoms with Crippen molar-refractivity contribution in [3.63, 3.8) is 0 Å². The normalized spacial score (nSPS) is 33.9. The first kappa shape index (κ1) is 12.3. The number of hydrogen-bond acceptors (Lipinski definition) is 3. The van der Waals surface area contributed by atoms with Crippen molar-refractivity contribution in [2.75, 3.05) is 40.8 Å². The molecule has 0 radical (unpaired) electrons. The monoisotopic (exact) mass is 226 g/mol. The Morgan fingerprint density at radius 1 is 1.19 bits per heavy atom. The van der Waals surface area contributed by atoms with E-state index in [1.807, 2.05) is 0 Å². The zero-order chi connectivity index (χ0) is 11.6. The van der Waals surface area contributed by atoms with E-state index in [-0.39, 0.29) is 5.60 Å². The summed E-state index contributed by atoms with van der Waals surface area (Å²) < 4.78 is 5.75. The van der Waals surface area contributed by atoms with Gasteiger partial charge in [0.1, 0.15) is 5.60 Å². The van der Waals surface area contributed by atoms with Gasteiger partial charge < -0.3 is 14.5 Å². The maximum atomic E-state index is 5.75. The van der Waals surface area contributed by atoms with Crippen LogP contribution >= 0.6 is 0 Å². The summed E-state index contributed by atoms with van der Waals surface area (Å²) >= 11 is 0. The lowest BCUT2D eigenvalue weighted by atomic mass is 9.84. The van der Waals surface area contributed by atoms with E-state index in [0.29, 0.717) is 6.04 Å². The molecule has 0 N–H and O–H groups in total. The zero-order valence-corrected chi connectivity index (χ0v) is 11.0. The van der Waals surface area contributed by atoms with Crippen LogP contribution in [0.15, 0.2) is 0 Å². The average Bonchev–Trinajstić information content (AvgIpc) is 2.98. The van der Waals surface area contributed by atoms with Gasteiger partial charge in [0.05, 0.1) is 6.61 Å². The van der Waals surface area contributed by atoms with Gasteiger partial charge >= 0.3 is 0 Å². The fraction of sp³-hybridized carbons (Fsp3) is 1.00. The first-order valence-corrected chi connectivity index (χ1v) is 6.63. The molecule has 16 heavy (non-hydrogen) atoms. The molecular weight excluding hydrogens is 200 g/mol. The quantitative estimate of drug-likeness (QED) is 0.663. The van der Waals surface area contributed by atoms with Crippen LogP contribution in [0.3, 0.4) is 0 Å². The van der Waals surface area contributed by atoms with Crippen LogP contribution in [0.4, 0.5) is 0 Å². The molecule has 0 aromatic heterocycles. The molecule has 2 rings (SSSR count). The van der Waals surface area contributed by atoms with Crippen molar-refractivity contribution in [1.82, 2.24) is 9.80 Å². The molecule has 0 aromatic carbocycles. The van der Waals surface area contributed by atoms with E-state index in [9.17, 15) is 0 Å². The smallest absolute Gasteiger partial charge is 0.107 e. The van der Waals surface area contributed by atoms with E-state index in [2.05, 4.69) is 30.9 Å². The number of rotatable bonds is 5. The maximum Gasteiger partial charge on any atom is 0.107 e. The van der Waals surface area contributed by atoms with Gasteiger partial charge in [-0.25, -0.2) is 0 Å². The molecule has 1 saturated heterocycles. The highest BCUT2D eigenvalue weighted by Crippen LogP contribution is 2.43. The van der Waals surface area contributed by atoms with Crippen LogP contribution in [-0.4, -0.2) is 62.3 Å². The molecular formula is C13H26N2O. The molecule has 2 atom stereocenters. The van der Waals surface area contributed by atoms with Crippen molar-refractivity contribution < 1.29 is 4.74 Å². The summed E-state index contributed by atoms with van der Waals surface area (Å²) in [6.45, 7) is 3.40. The molecule has 1 unspecified atom stereocenters. The second-order valence-corrected chi connectivity index (χ2v) is 5.75. The highest BCUT2D eigenvalue weighted by atomic mass is 16.6. The van der Waals surface area contributed by atoms with Crippen molar-refractivity contribution in [3.05, 3.63) is 0 Å². The largest absolute Gasteiger partial charge is 0.368 e. The Bertz CT molecular complexity index is 226. The van der Waals surface area contributed by atoms with E-state index >= 15 is 0 Å². The summed E-state index contributed by atoms with van der Waals surface area (Å²) in [5, 5.41) is 0. The summed E-state index contributed by atoms with van der Waals surface area (Å²) in [4.78, 5) is 4.80. The van der Waals surface area contributed by atoms with Gasteiger partial charge in [0.25, 0.3) is 0 Å². The molecule has 3 nitrogen and oxygen atoms in total. The van der Waals surface area contributed by atoms with Crippen molar-refractivity contribution in [3.8, 4) is 0 Å². The van der Waals surface area contributed by atoms with E-state index in [1.54, 1.807) is 0 Å². The summed E-state index contributed by atoms with van der Waals surface area (Å²) in [6, 6.07) is 0.684. The first-order valence-electron chi connectivity index (χ1n) is 6.63. The standard InChI is InChI=1S/C13H26N2O/c1-14(2)9-6-10-15(3)12-7-4-5-8-13(12)11-16-13/h12H,4-11H2,1-3H3/t12?,13-/m0/s1. The predicted octanol–water partition coefficient (Wildman–Crippen LogP) is 1.58. The lowest BCUT2D eigenvalue weighted by Gasteiger charge is -2.36. The van der Waals surface area contributed by atoms with Gasteiger partial charge in [-0.2, -0.15) is 0 Å². The van der Waals surface area contributed by atoms with Gasteiger partial charge in [0, 0.05) is 6.04 Å². The van der Waals surface area contributed by atoms with Crippen LogP contribution in [0.25, 0.3) is 0 Å². The highest BCUT2D eigenvalue weighted by molar-refractivity contribution is 5.05. The van der Waals surface area contributed by atoms with E-state index < -0.39 is 0 Å². The Morgan fingerprint density at radius 3 is 2.56 bits per heavy atom. The van der Waals surface area contributed by atoms with Crippen LogP contribution in [0.5, 0.6) is 0 Å². The second-order valence-electron chi connectivity index (χ2n) is 5.75.